The van der Waals surface area contributed by atoms with Gasteiger partial charge in [0.05, 0.1) is 0 Å². The maximum atomic E-state index is 6.80. The van der Waals surface area contributed by atoms with Gasteiger partial charge in [0.2, 0.25) is 0 Å². The molecule has 3 rings (SSSR count). The lowest BCUT2D eigenvalue weighted by Crippen LogP contribution is -2.19. The van der Waals surface area contributed by atoms with Crippen LogP contribution in [0.25, 0.3) is 0 Å². The Kier molecular flexibility index (Phi) is 4.40. The lowest BCUT2D eigenvalue weighted by atomic mass is 9.87. The third-order valence-electron chi connectivity index (χ3n) is 6.05. The van der Waals surface area contributed by atoms with Crippen LogP contribution in [0.3, 0.4) is 0 Å². The molecule has 1 aromatic rings. The van der Waals surface area contributed by atoms with Gasteiger partial charge in [-0.15, -0.1) is 0 Å². The smallest absolute Gasteiger partial charge is 0.0334 e. The Morgan fingerprint density at radius 2 is 1.48 bits per heavy atom. The quantitative estimate of drug-likeness (QED) is 0.825. The van der Waals surface area contributed by atoms with Gasteiger partial charge in [0.15, 0.2) is 0 Å². The standard InChI is InChI=1S/C20H31N/c1-4-13-11-14(5-2)18(15(6-3)12-13)20(21)19-16-9-7-8-10-17(16)19/h11-12,16-17,19-20H,4-10,21H2,1-3H3. The van der Waals surface area contributed by atoms with Crippen molar-refractivity contribution >= 4 is 0 Å². The van der Waals surface area contributed by atoms with Crippen molar-refractivity contribution in [1.82, 2.24) is 0 Å². The monoisotopic (exact) mass is 285 g/mol. The highest BCUT2D eigenvalue weighted by molar-refractivity contribution is 5.43. The molecule has 1 heteroatoms. The molecule has 3 atom stereocenters. The number of hydrogen-bond acceptors (Lipinski definition) is 1. The Morgan fingerprint density at radius 1 is 0.952 bits per heavy atom. The van der Waals surface area contributed by atoms with Gasteiger partial charge in [-0.25, -0.2) is 0 Å². The molecule has 0 heterocycles. The first kappa shape index (κ1) is 15.1. The van der Waals surface area contributed by atoms with Crippen LogP contribution in [0, 0.1) is 17.8 Å². The van der Waals surface area contributed by atoms with Crippen molar-refractivity contribution in [3.8, 4) is 0 Å². The Hall–Kier alpha value is -0.820. The number of benzene rings is 1. The van der Waals surface area contributed by atoms with Crippen LogP contribution in [0.2, 0.25) is 0 Å². The Morgan fingerprint density at radius 3 is 1.90 bits per heavy atom. The summed E-state index contributed by atoms with van der Waals surface area (Å²) in [5.41, 5.74) is 12.8. The van der Waals surface area contributed by atoms with E-state index in [4.69, 9.17) is 5.73 Å². The third kappa shape index (κ3) is 2.65. The van der Waals surface area contributed by atoms with E-state index in [1.54, 1.807) is 0 Å². The lowest BCUT2D eigenvalue weighted by Gasteiger charge is -2.22. The van der Waals surface area contributed by atoms with Crippen molar-refractivity contribution in [2.75, 3.05) is 0 Å². The van der Waals surface area contributed by atoms with Crippen LogP contribution in [-0.2, 0) is 19.3 Å². The van der Waals surface area contributed by atoms with E-state index < -0.39 is 0 Å². The summed E-state index contributed by atoms with van der Waals surface area (Å²) in [6.07, 6.45) is 9.08. The van der Waals surface area contributed by atoms with Gasteiger partial charge in [-0.05, 0) is 72.1 Å². The molecule has 0 radical (unpaired) electrons. The van der Waals surface area contributed by atoms with Gasteiger partial charge >= 0.3 is 0 Å². The van der Waals surface area contributed by atoms with Crippen molar-refractivity contribution in [3.05, 3.63) is 34.4 Å². The van der Waals surface area contributed by atoms with E-state index in [1.165, 1.54) is 47.9 Å². The zero-order valence-electron chi connectivity index (χ0n) is 14.0. The lowest BCUT2D eigenvalue weighted by molar-refractivity contribution is 0.480. The summed E-state index contributed by atoms with van der Waals surface area (Å²) in [5.74, 6) is 2.65. The summed E-state index contributed by atoms with van der Waals surface area (Å²) in [4.78, 5) is 0. The van der Waals surface area contributed by atoms with Crippen molar-refractivity contribution in [3.63, 3.8) is 0 Å². The molecule has 0 amide bonds. The molecular weight excluding hydrogens is 254 g/mol. The average molecular weight is 285 g/mol. The molecular formula is C20H31N. The minimum atomic E-state index is 0.286. The maximum Gasteiger partial charge on any atom is 0.0334 e. The molecule has 0 aliphatic heterocycles. The Bertz CT molecular complexity index is 468. The van der Waals surface area contributed by atoms with Gasteiger partial charge in [0.1, 0.15) is 0 Å². The number of fused-ring (bicyclic) bond motifs is 1. The zero-order chi connectivity index (χ0) is 15.0. The van der Waals surface area contributed by atoms with E-state index in [-0.39, 0.29) is 6.04 Å². The summed E-state index contributed by atoms with van der Waals surface area (Å²) in [5, 5.41) is 0. The summed E-state index contributed by atoms with van der Waals surface area (Å²) in [6.45, 7) is 6.82. The third-order valence-corrected chi connectivity index (χ3v) is 6.05. The zero-order valence-corrected chi connectivity index (χ0v) is 14.0. The van der Waals surface area contributed by atoms with Crippen molar-refractivity contribution in [2.24, 2.45) is 23.5 Å². The van der Waals surface area contributed by atoms with Gasteiger partial charge in [-0.3, -0.25) is 0 Å². The van der Waals surface area contributed by atoms with E-state index in [0.717, 1.165) is 37.0 Å². The molecule has 2 saturated carbocycles. The fourth-order valence-corrected chi connectivity index (χ4v) is 4.84. The second-order valence-corrected chi connectivity index (χ2v) is 7.10. The molecule has 0 spiro atoms. The molecule has 1 nitrogen and oxygen atoms in total. The highest BCUT2D eigenvalue weighted by Gasteiger charge is 2.53. The van der Waals surface area contributed by atoms with Gasteiger partial charge in [-0.1, -0.05) is 45.7 Å². The molecule has 2 fully saturated rings. The molecule has 0 saturated heterocycles. The van der Waals surface area contributed by atoms with Gasteiger partial charge in [-0.2, -0.15) is 0 Å². The second kappa shape index (κ2) is 6.12. The van der Waals surface area contributed by atoms with Crippen LogP contribution < -0.4 is 5.73 Å². The largest absolute Gasteiger partial charge is 0.324 e. The van der Waals surface area contributed by atoms with E-state index in [0.29, 0.717) is 0 Å². The van der Waals surface area contributed by atoms with Gasteiger partial charge < -0.3 is 5.73 Å². The average Bonchev–Trinajstić information content (AvgIpc) is 3.27. The van der Waals surface area contributed by atoms with E-state index in [9.17, 15) is 0 Å². The highest BCUT2D eigenvalue weighted by Crippen LogP contribution is 2.60. The Labute approximate surface area is 130 Å². The predicted octanol–water partition coefficient (Wildman–Crippen LogP) is 4.81. The minimum absolute atomic E-state index is 0.286. The summed E-state index contributed by atoms with van der Waals surface area (Å²) < 4.78 is 0. The molecule has 3 unspecified atom stereocenters. The minimum Gasteiger partial charge on any atom is -0.324 e. The Balaban J connectivity index is 1.93. The van der Waals surface area contributed by atoms with Crippen molar-refractivity contribution < 1.29 is 0 Å². The highest BCUT2D eigenvalue weighted by atomic mass is 14.7. The SMILES string of the molecule is CCc1cc(CC)c(C(N)C2C3CCCCC32)c(CC)c1. The first-order valence-corrected chi connectivity index (χ1v) is 9.11. The molecule has 2 aliphatic rings. The second-order valence-electron chi connectivity index (χ2n) is 7.10. The van der Waals surface area contributed by atoms with Crippen molar-refractivity contribution in [2.45, 2.75) is 71.8 Å². The van der Waals surface area contributed by atoms with Crippen LogP contribution in [0.1, 0.15) is 74.8 Å². The number of rotatable bonds is 5. The topological polar surface area (TPSA) is 26.0 Å². The number of aryl methyl sites for hydroxylation is 3. The van der Waals surface area contributed by atoms with Crippen LogP contribution in [0.15, 0.2) is 12.1 Å². The molecule has 2 N–H and O–H groups in total. The van der Waals surface area contributed by atoms with Crippen LogP contribution >= 0.6 is 0 Å². The van der Waals surface area contributed by atoms with Gasteiger partial charge in [0.25, 0.3) is 0 Å². The summed E-state index contributed by atoms with van der Waals surface area (Å²) in [7, 11) is 0. The van der Waals surface area contributed by atoms with E-state index in [2.05, 4.69) is 32.9 Å². The first-order valence-electron chi connectivity index (χ1n) is 9.11. The molecule has 21 heavy (non-hydrogen) atoms. The van der Waals surface area contributed by atoms with Crippen LogP contribution in [0.4, 0.5) is 0 Å². The molecule has 0 aromatic heterocycles. The van der Waals surface area contributed by atoms with Crippen LogP contribution in [0.5, 0.6) is 0 Å². The molecule has 116 valence electrons. The fraction of sp³-hybridized carbons (Fsp3) is 0.700. The predicted molar refractivity (Wildman–Crippen MR) is 90.4 cm³/mol. The molecule has 2 aliphatic carbocycles. The number of nitrogens with two attached hydrogens (primary N) is 1. The number of hydrogen-bond donors (Lipinski definition) is 1. The molecule has 0 bridgehead atoms. The van der Waals surface area contributed by atoms with Crippen molar-refractivity contribution in [1.29, 1.82) is 0 Å². The first-order chi connectivity index (χ1) is 10.2. The normalized spacial score (nSPS) is 29.0. The van der Waals surface area contributed by atoms with E-state index >= 15 is 0 Å². The van der Waals surface area contributed by atoms with Gasteiger partial charge in [0, 0.05) is 6.04 Å². The molecule has 1 aromatic carbocycles. The van der Waals surface area contributed by atoms with Crippen LogP contribution in [-0.4, -0.2) is 0 Å². The fourth-order valence-electron chi connectivity index (χ4n) is 4.84. The maximum absolute atomic E-state index is 6.80. The summed E-state index contributed by atoms with van der Waals surface area (Å²) in [6, 6.07) is 5.12. The summed E-state index contributed by atoms with van der Waals surface area (Å²) >= 11 is 0. The van der Waals surface area contributed by atoms with E-state index in [1.807, 2.05) is 0 Å².